The lowest BCUT2D eigenvalue weighted by Crippen LogP contribution is -2.44. The number of nitrogens with zero attached hydrogens (tertiary/aromatic N) is 4. The number of piperazine rings is 1. The molecule has 0 amide bonds. The normalized spacial score (nSPS) is 18.8. The number of fused-ring (bicyclic) bond motifs is 1. The SMILES string of the molecule is CN1CCN(c2ccc(-c3nc(C(F)(F)F)cc4[nH]c(CN5CCOCC5)cc34)cc2)CC1. The smallest absolute Gasteiger partial charge is 0.379 e. The second-order valence-corrected chi connectivity index (χ2v) is 8.84. The average Bonchev–Trinajstić information content (AvgIpc) is 3.21. The molecule has 9 heteroatoms. The molecule has 6 nitrogen and oxygen atoms in total. The molecule has 0 spiro atoms. The number of halogens is 3. The second-order valence-electron chi connectivity index (χ2n) is 8.84. The summed E-state index contributed by atoms with van der Waals surface area (Å²) < 4.78 is 46.3. The van der Waals surface area contributed by atoms with Gasteiger partial charge >= 0.3 is 6.18 Å². The third-order valence-electron chi connectivity index (χ3n) is 6.47. The zero-order chi connectivity index (χ0) is 23.0. The van der Waals surface area contributed by atoms with Crippen LogP contribution in [0.3, 0.4) is 0 Å². The Hall–Kier alpha value is -2.62. The molecule has 0 unspecified atom stereocenters. The lowest BCUT2D eigenvalue weighted by molar-refractivity contribution is -0.141. The molecule has 2 aliphatic rings. The fourth-order valence-corrected chi connectivity index (χ4v) is 4.53. The minimum Gasteiger partial charge on any atom is -0.379 e. The van der Waals surface area contributed by atoms with Gasteiger partial charge in [-0.05, 0) is 31.3 Å². The highest BCUT2D eigenvalue weighted by Gasteiger charge is 2.34. The van der Waals surface area contributed by atoms with E-state index in [2.05, 4.69) is 31.7 Å². The summed E-state index contributed by atoms with van der Waals surface area (Å²) >= 11 is 0. The van der Waals surface area contributed by atoms with Crippen LogP contribution in [0.2, 0.25) is 0 Å². The maximum atomic E-state index is 13.6. The predicted octanol–water partition coefficient (Wildman–Crippen LogP) is 3.83. The highest BCUT2D eigenvalue weighted by molar-refractivity contribution is 5.94. The van der Waals surface area contributed by atoms with Crippen LogP contribution in [-0.4, -0.2) is 79.3 Å². The zero-order valence-electron chi connectivity index (χ0n) is 18.7. The van der Waals surface area contributed by atoms with Gasteiger partial charge in [-0.2, -0.15) is 13.2 Å². The molecule has 0 saturated carbocycles. The van der Waals surface area contributed by atoms with Gasteiger partial charge in [-0.1, -0.05) is 12.1 Å². The van der Waals surface area contributed by atoms with Gasteiger partial charge in [0.2, 0.25) is 0 Å². The maximum absolute atomic E-state index is 13.6. The quantitative estimate of drug-likeness (QED) is 0.643. The van der Waals surface area contributed by atoms with Gasteiger partial charge in [-0.25, -0.2) is 4.98 Å². The Balaban J connectivity index is 1.48. The molecule has 4 heterocycles. The van der Waals surface area contributed by atoms with Crippen LogP contribution in [0.4, 0.5) is 18.9 Å². The third-order valence-corrected chi connectivity index (χ3v) is 6.47. The van der Waals surface area contributed by atoms with Crippen molar-refractivity contribution in [1.29, 1.82) is 0 Å². The van der Waals surface area contributed by atoms with Crippen molar-refractivity contribution in [2.75, 3.05) is 64.4 Å². The van der Waals surface area contributed by atoms with Crippen LogP contribution in [0.5, 0.6) is 0 Å². The third kappa shape index (κ3) is 4.85. The number of H-pyrrole nitrogens is 1. The summed E-state index contributed by atoms with van der Waals surface area (Å²) in [6.07, 6.45) is -4.52. The summed E-state index contributed by atoms with van der Waals surface area (Å²) in [7, 11) is 2.11. The molecular weight excluding hydrogens is 431 g/mol. The molecule has 0 radical (unpaired) electrons. The van der Waals surface area contributed by atoms with Crippen LogP contribution in [0.25, 0.3) is 22.2 Å². The zero-order valence-corrected chi connectivity index (χ0v) is 18.7. The van der Waals surface area contributed by atoms with Crippen molar-refractivity contribution >= 4 is 16.6 Å². The summed E-state index contributed by atoms with van der Waals surface area (Å²) in [6.45, 7) is 7.45. The molecule has 0 bridgehead atoms. The Kier molecular flexibility index (Phi) is 6.03. The van der Waals surface area contributed by atoms with E-state index in [9.17, 15) is 13.2 Å². The van der Waals surface area contributed by atoms with E-state index in [4.69, 9.17) is 4.74 Å². The van der Waals surface area contributed by atoms with Crippen LogP contribution in [-0.2, 0) is 17.5 Å². The number of aromatic nitrogens is 2. The van der Waals surface area contributed by atoms with Gasteiger partial charge in [-0.15, -0.1) is 0 Å². The molecule has 1 aromatic carbocycles. The number of anilines is 1. The van der Waals surface area contributed by atoms with Crippen LogP contribution >= 0.6 is 0 Å². The van der Waals surface area contributed by atoms with Crippen LogP contribution in [0.1, 0.15) is 11.4 Å². The van der Waals surface area contributed by atoms with Crippen LogP contribution < -0.4 is 4.90 Å². The number of aromatic amines is 1. The minimum atomic E-state index is -4.52. The van der Waals surface area contributed by atoms with E-state index in [1.165, 1.54) is 0 Å². The number of benzene rings is 1. The molecule has 176 valence electrons. The van der Waals surface area contributed by atoms with Gasteiger partial charge in [-0.3, -0.25) is 4.90 Å². The minimum absolute atomic E-state index is 0.356. The molecule has 0 atom stereocenters. The maximum Gasteiger partial charge on any atom is 0.433 e. The molecule has 2 fully saturated rings. The van der Waals surface area contributed by atoms with Crippen molar-refractivity contribution in [2.24, 2.45) is 0 Å². The van der Waals surface area contributed by atoms with Gasteiger partial charge < -0.3 is 19.5 Å². The van der Waals surface area contributed by atoms with Crippen LogP contribution in [0.15, 0.2) is 36.4 Å². The number of hydrogen-bond acceptors (Lipinski definition) is 5. The van der Waals surface area contributed by atoms with Crippen molar-refractivity contribution in [3.63, 3.8) is 0 Å². The van der Waals surface area contributed by atoms with Crippen molar-refractivity contribution in [2.45, 2.75) is 12.7 Å². The number of rotatable bonds is 4. The number of nitrogens with one attached hydrogen (secondary N) is 1. The van der Waals surface area contributed by atoms with Gasteiger partial charge in [0.1, 0.15) is 5.69 Å². The average molecular weight is 460 g/mol. The molecule has 33 heavy (non-hydrogen) atoms. The lowest BCUT2D eigenvalue weighted by Gasteiger charge is -2.34. The molecule has 2 saturated heterocycles. The number of likely N-dealkylation sites (N-methyl/N-ethyl adjacent to an activating group) is 1. The first-order valence-electron chi connectivity index (χ1n) is 11.3. The number of hydrogen-bond donors (Lipinski definition) is 1. The van der Waals surface area contributed by atoms with Gasteiger partial charge in [0.05, 0.1) is 18.9 Å². The predicted molar refractivity (Wildman–Crippen MR) is 122 cm³/mol. The molecule has 1 N–H and O–H groups in total. The highest BCUT2D eigenvalue weighted by Crippen LogP contribution is 2.35. The number of alkyl halides is 3. The van der Waals surface area contributed by atoms with E-state index in [0.29, 0.717) is 41.9 Å². The first-order chi connectivity index (χ1) is 15.9. The summed E-state index contributed by atoms with van der Waals surface area (Å²) in [5.74, 6) is 0. The van der Waals surface area contributed by atoms with Gasteiger partial charge in [0.25, 0.3) is 0 Å². The number of morpholine rings is 1. The molecule has 2 aliphatic heterocycles. The largest absolute Gasteiger partial charge is 0.433 e. The molecular formula is C24H28F3N5O. The van der Waals surface area contributed by atoms with Gasteiger partial charge in [0.15, 0.2) is 0 Å². The molecule has 5 rings (SSSR count). The first-order valence-corrected chi connectivity index (χ1v) is 11.3. The standard InChI is InChI=1S/C24H28F3N5O/c1-30-6-8-32(9-7-30)19-4-2-17(3-5-19)23-20-14-18(16-31-10-12-33-13-11-31)28-21(20)15-22(29-23)24(25,26)27/h2-5,14-15,28H,6-13,16H2,1H3. The van der Waals surface area contributed by atoms with Crippen LogP contribution in [0, 0.1) is 0 Å². The van der Waals surface area contributed by atoms with Crippen molar-refractivity contribution in [3.05, 3.63) is 47.8 Å². The molecule has 0 aliphatic carbocycles. The van der Waals surface area contributed by atoms with E-state index >= 15 is 0 Å². The summed E-state index contributed by atoms with van der Waals surface area (Å²) in [5, 5.41) is 0.707. The fraction of sp³-hybridized carbons (Fsp3) is 0.458. The lowest BCUT2D eigenvalue weighted by atomic mass is 10.1. The molecule has 3 aromatic rings. The number of pyridine rings is 1. The fourth-order valence-electron chi connectivity index (χ4n) is 4.53. The van der Waals surface area contributed by atoms with E-state index in [1.807, 2.05) is 30.3 Å². The summed E-state index contributed by atoms with van der Waals surface area (Å²) in [6, 6.07) is 10.8. The van der Waals surface area contributed by atoms with Crippen molar-refractivity contribution < 1.29 is 17.9 Å². The number of ether oxygens (including phenoxy) is 1. The van der Waals surface area contributed by atoms with E-state index in [0.717, 1.165) is 56.7 Å². The first kappa shape index (κ1) is 22.2. The van der Waals surface area contributed by atoms with Crippen molar-refractivity contribution in [1.82, 2.24) is 19.8 Å². The Morgan fingerprint density at radius 3 is 2.33 bits per heavy atom. The van der Waals surface area contributed by atoms with E-state index < -0.39 is 11.9 Å². The van der Waals surface area contributed by atoms with E-state index in [-0.39, 0.29) is 0 Å². The second kappa shape index (κ2) is 8.96. The monoisotopic (exact) mass is 459 g/mol. The Morgan fingerprint density at radius 1 is 0.970 bits per heavy atom. The Bertz CT molecular complexity index is 1100. The van der Waals surface area contributed by atoms with E-state index in [1.54, 1.807) is 0 Å². The Morgan fingerprint density at radius 2 is 1.67 bits per heavy atom. The summed E-state index contributed by atoms with van der Waals surface area (Å²) in [5.41, 5.74) is 2.57. The topological polar surface area (TPSA) is 47.6 Å². The molecule has 2 aromatic heterocycles. The summed E-state index contributed by atoms with van der Waals surface area (Å²) in [4.78, 5) is 14.1. The highest BCUT2D eigenvalue weighted by atomic mass is 19.4. The Labute approximate surface area is 190 Å². The van der Waals surface area contributed by atoms with Gasteiger partial charge in [0, 0.05) is 73.7 Å². The van der Waals surface area contributed by atoms with Crippen molar-refractivity contribution in [3.8, 4) is 11.3 Å².